The summed E-state index contributed by atoms with van der Waals surface area (Å²) in [5.41, 5.74) is 1.42. The standard InChI is InChI=1S/C16H15ClN2O3/c1-19(2)12-7-8-14(13(9-12)16(21)22)18-15(20)10-3-5-11(17)6-4-10/h3-9H,1-2H3,(H,18,20)(H,21,22). The molecule has 2 rings (SSSR count). The number of hydrogen-bond donors (Lipinski definition) is 2. The van der Waals surface area contributed by atoms with Crippen molar-refractivity contribution in [1.29, 1.82) is 0 Å². The zero-order valence-corrected chi connectivity index (χ0v) is 12.9. The van der Waals surface area contributed by atoms with E-state index in [9.17, 15) is 14.7 Å². The molecule has 2 aromatic carbocycles. The van der Waals surface area contributed by atoms with Gasteiger partial charge in [-0.1, -0.05) is 11.6 Å². The van der Waals surface area contributed by atoms with Gasteiger partial charge in [0.2, 0.25) is 0 Å². The van der Waals surface area contributed by atoms with E-state index in [0.717, 1.165) is 5.69 Å². The van der Waals surface area contributed by atoms with E-state index in [4.69, 9.17) is 11.6 Å². The highest BCUT2D eigenvalue weighted by Gasteiger charge is 2.15. The first-order valence-electron chi connectivity index (χ1n) is 6.50. The van der Waals surface area contributed by atoms with Crippen LogP contribution in [0.4, 0.5) is 11.4 Å². The summed E-state index contributed by atoms with van der Waals surface area (Å²) in [6.45, 7) is 0. The molecule has 0 spiro atoms. The lowest BCUT2D eigenvalue weighted by Crippen LogP contribution is -2.16. The Bertz CT molecular complexity index is 712. The fourth-order valence-electron chi connectivity index (χ4n) is 1.89. The third kappa shape index (κ3) is 3.56. The summed E-state index contributed by atoms with van der Waals surface area (Å²) in [5, 5.41) is 12.4. The molecule has 1 amide bonds. The van der Waals surface area contributed by atoms with Gasteiger partial charge >= 0.3 is 5.97 Å². The molecule has 0 bridgehead atoms. The minimum Gasteiger partial charge on any atom is -0.478 e. The fraction of sp³-hybridized carbons (Fsp3) is 0.125. The van der Waals surface area contributed by atoms with Crippen molar-refractivity contribution in [1.82, 2.24) is 0 Å². The van der Waals surface area contributed by atoms with Crippen LogP contribution in [0.1, 0.15) is 20.7 Å². The predicted molar refractivity (Wildman–Crippen MR) is 87.1 cm³/mol. The Morgan fingerprint density at radius 1 is 1.09 bits per heavy atom. The Hall–Kier alpha value is -2.53. The first-order chi connectivity index (χ1) is 10.4. The van der Waals surface area contributed by atoms with Gasteiger partial charge in [-0.25, -0.2) is 4.79 Å². The average Bonchev–Trinajstić information content (AvgIpc) is 2.47. The first-order valence-corrected chi connectivity index (χ1v) is 6.88. The highest BCUT2D eigenvalue weighted by molar-refractivity contribution is 6.30. The lowest BCUT2D eigenvalue weighted by molar-refractivity contribution is 0.0698. The van der Waals surface area contributed by atoms with Crippen LogP contribution in [-0.2, 0) is 0 Å². The Labute approximate surface area is 133 Å². The van der Waals surface area contributed by atoms with Crippen LogP contribution >= 0.6 is 11.6 Å². The molecular formula is C16H15ClN2O3. The zero-order chi connectivity index (χ0) is 16.3. The largest absolute Gasteiger partial charge is 0.478 e. The molecule has 0 unspecified atom stereocenters. The molecule has 6 heteroatoms. The number of halogens is 1. The second-order valence-electron chi connectivity index (χ2n) is 4.89. The number of benzene rings is 2. The van der Waals surface area contributed by atoms with Gasteiger partial charge in [0.25, 0.3) is 5.91 Å². The number of carboxylic acids is 1. The van der Waals surface area contributed by atoms with Gasteiger partial charge < -0.3 is 15.3 Å². The maximum absolute atomic E-state index is 12.2. The molecule has 0 aliphatic heterocycles. The van der Waals surface area contributed by atoms with Gasteiger partial charge in [0.05, 0.1) is 11.3 Å². The van der Waals surface area contributed by atoms with Gasteiger partial charge in [-0.15, -0.1) is 0 Å². The average molecular weight is 319 g/mol. The van der Waals surface area contributed by atoms with Gasteiger partial charge in [-0.3, -0.25) is 4.79 Å². The van der Waals surface area contributed by atoms with E-state index >= 15 is 0 Å². The highest BCUT2D eigenvalue weighted by atomic mass is 35.5. The number of carbonyl (C=O) groups excluding carboxylic acids is 1. The summed E-state index contributed by atoms with van der Waals surface area (Å²) in [6.07, 6.45) is 0. The van der Waals surface area contributed by atoms with Crippen molar-refractivity contribution in [3.05, 3.63) is 58.6 Å². The molecule has 0 heterocycles. The summed E-state index contributed by atoms with van der Waals surface area (Å²) >= 11 is 5.78. The van der Waals surface area contributed by atoms with Crippen molar-refractivity contribution in [2.75, 3.05) is 24.3 Å². The quantitative estimate of drug-likeness (QED) is 0.907. The molecule has 0 fully saturated rings. The summed E-state index contributed by atoms with van der Waals surface area (Å²) in [5.74, 6) is -1.49. The first kappa shape index (κ1) is 15.9. The molecule has 0 aliphatic rings. The third-order valence-corrected chi connectivity index (χ3v) is 3.36. The Kier molecular flexibility index (Phi) is 4.68. The van der Waals surface area contributed by atoms with E-state index in [0.29, 0.717) is 10.6 Å². The summed E-state index contributed by atoms with van der Waals surface area (Å²) in [6, 6.07) is 11.2. The highest BCUT2D eigenvalue weighted by Crippen LogP contribution is 2.23. The number of amides is 1. The van der Waals surface area contributed by atoms with Crippen molar-refractivity contribution >= 4 is 34.9 Å². The van der Waals surface area contributed by atoms with Gasteiger partial charge in [0.15, 0.2) is 0 Å². The number of rotatable bonds is 4. The minimum atomic E-state index is -1.10. The zero-order valence-electron chi connectivity index (χ0n) is 12.1. The molecule has 2 N–H and O–H groups in total. The Balaban J connectivity index is 2.30. The van der Waals surface area contributed by atoms with E-state index in [1.165, 1.54) is 6.07 Å². The molecule has 0 saturated heterocycles. The van der Waals surface area contributed by atoms with Crippen LogP contribution in [0.3, 0.4) is 0 Å². The van der Waals surface area contributed by atoms with Crippen LogP contribution in [0, 0.1) is 0 Å². The van der Waals surface area contributed by atoms with E-state index in [1.807, 2.05) is 14.1 Å². The monoisotopic (exact) mass is 318 g/mol. The van der Waals surface area contributed by atoms with Crippen molar-refractivity contribution in [3.63, 3.8) is 0 Å². The molecule has 0 aliphatic carbocycles. The SMILES string of the molecule is CN(C)c1ccc(NC(=O)c2ccc(Cl)cc2)c(C(=O)O)c1. The van der Waals surface area contributed by atoms with Crippen molar-refractivity contribution in [3.8, 4) is 0 Å². The molecule has 0 atom stereocenters. The number of anilines is 2. The Morgan fingerprint density at radius 2 is 1.73 bits per heavy atom. The number of carbonyl (C=O) groups is 2. The van der Waals surface area contributed by atoms with Crippen LogP contribution in [0.25, 0.3) is 0 Å². The van der Waals surface area contributed by atoms with Gasteiger partial charge in [-0.2, -0.15) is 0 Å². The summed E-state index contributed by atoms with van der Waals surface area (Å²) in [7, 11) is 3.62. The maximum atomic E-state index is 12.2. The predicted octanol–water partition coefficient (Wildman–Crippen LogP) is 3.36. The van der Waals surface area contributed by atoms with Gasteiger partial charge in [0.1, 0.15) is 0 Å². The molecule has 0 aromatic heterocycles. The number of hydrogen-bond acceptors (Lipinski definition) is 3. The molecule has 0 radical (unpaired) electrons. The second kappa shape index (κ2) is 6.49. The lowest BCUT2D eigenvalue weighted by atomic mass is 10.1. The van der Waals surface area contributed by atoms with Crippen molar-refractivity contribution in [2.24, 2.45) is 0 Å². The van der Waals surface area contributed by atoms with Gasteiger partial charge in [-0.05, 0) is 42.5 Å². The molecule has 0 saturated carbocycles. The smallest absolute Gasteiger partial charge is 0.337 e. The van der Waals surface area contributed by atoms with Crippen molar-refractivity contribution < 1.29 is 14.7 Å². The lowest BCUT2D eigenvalue weighted by Gasteiger charge is -2.15. The molecule has 5 nitrogen and oxygen atoms in total. The molecule has 22 heavy (non-hydrogen) atoms. The molecule has 2 aromatic rings. The number of carboxylic acid groups (broad SMARTS) is 1. The topological polar surface area (TPSA) is 69.6 Å². The number of aromatic carboxylic acids is 1. The number of nitrogens with zero attached hydrogens (tertiary/aromatic N) is 1. The van der Waals surface area contributed by atoms with Crippen LogP contribution < -0.4 is 10.2 Å². The molecule has 114 valence electrons. The van der Waals surface area contributed by atoms with Crippen molar-refractivity contribution in [2.45, 2.75) is 0 Å². The van der Waals surface area contributed by atoms with E-state index < -0.39 is 11.9 Å². The van der Waals surface area contributed by atoms with Gasteiger partial charge in [0, 0.05) is 30.4 Å². The molecular weight excluding hydrogens is 304 g/mol. The van der Waals surface area contributed by atoms with E-state index in [2.05, 4.69) is 5.32 Å². The number of nitrogens with one attached hydrogen (secondary N) is 1. The van der Waals surface area contributed by atoms with E-state index in [1.54, 1.807) is 41.3 Å². The second-order valence-corrected chi connectivity index (χ2v) is 5.33. The van der Waals surface area contributed by atoms with E-state index in [-0.39, 0.29) is 11.3 Å². The third-order valence-electron chi connectivity index (χ3n) is 3.10. The van der Waals surface area contributed by atoms with Crippen LogP contribution in [0.2, 0.25) is 5.02 Å². The Morgan fingerprint density at radius 3 is 2.27 bits per heavy atom. The van der Waals surface area contributed by atoms with Crippen LogP contribution in [0.5, 0.6) is 0 Å². The fourth-order valence-corrected chi connectivity index (χ4v) is 2.02. The normalized spacial score (nSPS) is 10.1. The van der Waals surface area contributed by atoms with Crippen LogP contribution in [-0.4, -0.2) is 31.1 Å². The maximum Gasteiger partial charge on any atom is 0.337 e. The minimum absolute atomic E-state index is 0.0357. The summed E-state index contributed by atoms with van der Waals surface area (Å²) < 4.78 is 0. The summed E-state index contributed by atoms with van der Waals surface area (Å²) in [4.78, 5) is 25.3. The van der Waals surface area contributed by atoms with Crippen LogP contribution in [0.15, 0.2) is 42.5 Å².